The number of para-hydroxylation sites is 1. The third-order valence-corrected chi connectivity index (χ3v) is 17.8. The van der Waals surface area contributed by atoms with Gasteiger partial charge in [-0.3, -0.25) is 34.1 Å². The van der Waals surface area contributed by atoms with Crippen LogP contribution in [0.25, 0.3) is 21.3 Å². The number of nitrogens with zero attached hydrogens (tertiary/aromatic N) is 7. The molecule has 4 bridgehead atoms. The predicted molar refractivity (Wildman–Crippen MR) is 309 cm³/mol. The highest BCUT2D eigenvalue weighted by Gasteiger charge is 2.66. The molecule has 2 atom stereocenters. The van der Waals surface area contributed by atoms with Crippen molar-refractivity contribution in [3.63, 3.8) is 0 Å². The number of aromatic carboxylic acids is 1. The molecule has 6 aliphatic rings. The maximum atomic E-state index is 13.7. The SMILES string of the molecule is Cc1c(-c2ccc(N3CCc4cccc(C(=O)Nc5nc6ccccc6s5)c4C3)nc2C(=O)O)cnn1CC12CC3(C)CC(C)(C1)CC(OCCN(C)C(=O)OCc1[c]cc(OCCOCCNC(=O)CCN4C(=O)C=CC4=O)cc1)(C3)C2. The molecule has 4 saturated carbocycles. The number of carbonyl (C=O) groups excluding carboxylic acids is 5. The highest BCUT2D eigenvalue weighted by atomic mass is 32.1. The number of amides is 5. The zero-order valence-corrected chi connectivity index (χ0v) is 48.0. The first-order valence-electron chi connectivity index (χ1n) is 28.2. The number of ether oxygens (including phenoxy) is 4. The molecule has 2 unspecified atom stereocenters. The number of carbonyl (C=O) groups is 6. The van der Waals surface area contributed by atoms with E-state index < -0.39 is 23.9 Å². The van der Waals surface area contributed by atoms with Gasteiger partial charge in [0.2, 0.25) is 5.91 Å². The van der Waals surface area contributed by atoms with Crippen LogP contribution in [-0.2, 0) is 54.7 Å². The van der Waals surface area contributed by atoms with Gasteiger partial charge in [-0.05, 0) is 133 Å². The van der Waals surface area contributed by atoms with Gasteiger partial charge in [0.05, 0.1) is 41.8 Å². The number of nitrogens with one attached hydrogen (secondary N) is 2. The summed E-state index contributed by atoms with van der Waals surface area (Å²) >= 11 is 1.42. The summed E-state index contributed by atoms with van der Waals surface area (Å²) in [6.07, 6.45) is 10.2. The van der Waals surface area contributed by atoms with Crippen molar-refractivity contribution >= 4 is 68.2 Å². The Morgan fingerprint density at radius 1 is 0.867 bits per heavy atom. The topological polar surface area (TPSA) is 237 Å². The van der Waals surface area contributed by atoms with E-state index >= 15 is 0 Å². The van der Waals surface area contributed by atoms with E-state index in [1.165, 1.54) is 28.4 Å². The molecular weight excluding hydrogens is 1080 g/mol. The maximum Gasteiger partial charge on any atom is 0.409 e. The number of thiazole rings is 1. The molecule has 3 N–H and O–H groups in total. The first kappa shape index (κ1) is 56.8. The molecule has 5 amide bonds. The Balaban J connectivity index is 0.656. The number of hydrogen-bond acceptors (Lipinski definition) is 15. The van der Waals surface area contributed by atoms with Crippen molar-refractivity contribution < 1.29 is 52.8 Å². The molecule has 20 nitrogen and oxygen atoms in total. The van der Waals surface area contributed by atoms with E-state index in [4.69, 9.17) is 29.0 Å². The zero-order chi connectivity index (χ0) is 58.1. The van der Waals surface area contributed by atoms with Crippen molar-refractivity contribution in [1.29, 1.82) is 0 Å². The average molecular weight is 1150 g/mol. The van der Waals surface area contributed by atoms with Gasteiger partial charge in [-0.25, -0.2) is 19.6 Å². The molecule has 0 spiro atoms. The van der Waals surface area contributed by atoms with E-state index in [0.717, 1.165) is 70.5 Å². The number of fused-ring (bicyclic) bond motifs is 2. The standard InChI is InChI=1S/C62H68N9O11S/c1-40-46(44-16-17-50(66-54(44)56(76)77)69-23-20-42-8-7-9-45(47(42)31-69)55(75)67-57-65-48-10-5-6-11-49(48)83-57)30-64-71(40)39-61-34-59(2)33-60(3,35-61)37-62(36-59,38-61)82-27-25-68(4)58(78)81-32-41-12-14-43(15-13-41)80-29-28-79-26-22-63-51(72)21-24-70-52(73)18-19-53(70)74/h5-12,14-19,30H,20-29,31-39H2,1-4H3,(H,63,72)(H,76,77)(H,65,67,75). The van der Waals surface area contributed by atoms with Gasteiger partial charge in [-0.2, -0.15) is 5.10 Å². The Morgan fingerprint density at radius 2 is 1.66 bits per heavy atom. The summed E-state index contributed by atoms with van der Waals surface area (Å²) in [6, 6.07) is 25.5. The van der Waals surface area contributed by atoms with Crippen LogP contribution in [0.1, 0.15) is 102 Å². The lowest BCUT2D eigenvalue weighted by atomic mass is 9.39. The molecule has 433 valence electrons. The maximum absolute atomic E-state index is 13.7. The number of imide groups is 1. The summed E-state index contributed by atoms with van der Waals surface area (Å²) in [4.78, 5) is 89.3. The van der Waals surface area contributed by atoms with Gasteiger partial charge < -0.3 is 39.2 Å². The number of likely N-dealkylation sites (N-methyl/N-ethyl adjacent to an activating group) is 1. The Kier molecular flexibility index (Phi) is 16.0. The lowest BCUT2D eigenvalue weighted by Gasteiger charge is -2.69. The van der Waals surface area contributed by atoms with Crippen molar-refractivity contribution in [2.45, 2.75) is 97.4 Å². The van der Waals surface area contributed by atoms with Crippen LogP contribution in [0.15, 0.2) is 91.1 Å². The largest absolute Gasteiger partial charge is 0.491 e. The minimum Gasteiger partial charge on any atom is -0.491 e. The fraction of sp³-hybridized carbons (Fsp3) is 0.435. The van der Waals surface area contributed by atoms with Gasteiger partial charge in [0.1, 0.15) is 24.8 Å². The number of carboxylic acid groups (broad SMARTS) is 1. The predicted octanol–water partition coefficient (Wildman–Crippen LogP) is 8.41. The van der Waals surface area contributed by atoms with Crippen LogP contribution in [0.5, 0.6) is 5.75 Å². The highest BCUT2D eigenvalue weighted by molar-refractivity contribution is 7.22. The van der Waals surface area contributed by atoms with E-state index in [-0.39, 0.29) is 85.3 Å². The number of carboxylic acids is 1. The van der Waals surface area contributed by atoms with Crippen molar-refractivity contribution in [2.24, 2.45) is 16.2 Å². The third-order valence-electron chi connectivity index (χ3n) is 16.8. The second kappa shape index (κ2) is 23.3. The van der Waals surface area contributed by atoms with Crippen molar-refractivity contribution in [2.75, 3.05) is 69.9 Å². The molecular formula is C62H68N9O11S. The van der Waals surface area contributed by atoms with Crippen LogP contribution in [0, 0.1) is 29.2 Å². The van der Waals surface area contributed by atoms with Crippen molar-refractivity contribution in [1.82, 2.24) is 34.9 Å². The lowest BCUT2D eigenvalue weighted by Crippen LogP contribution is -2.64. The third kappa shape index (κ3) is 12.5. The monoisotopic (exact) mass is 1150 g/mol. The first-order valence-corrected chi connectivity index (χ1v) is 29.0. The minimum absolute atomic E-state index is 0.0131. The van der Waals surface area contributed by atoms with E-state index in [1.807, 2.05) is 71.1 Å². The number of rotatable bonds is 23. The van der Waals surface area contributed by atoms with Gasteiger partial charge >= 0.3 is 12.1 Å². The van der Waals surface area contributed by atoms with Crippen LogP contribution in [0.2, 0.25) is 0 Å². The number of benzene rings is 3. The summed E-state index contributed by atoms with van der Waals surface area (Å²) in [5, 5.41) is 21.8. The van der Waals surface area contributed by atoms with Crippen LogP contribution in [0.3, 0.4) is 0 Å². The van der Waals surface area contributed by atoms with Crippen LogP contribution >= 0.6 is 11.3 Å². The number of hydrogen-bond donors (Lipinski definition) is 3. The molecule has 0 saturated heterocycles. The molecule has 21 heteroatoms. The molecule has 12 rings (SSSR count). The molecule has 3 aromatic heterocycles. The highest BCUT2D eigenvalue weighted by Crippen LogP contribution is 2.72. The summed E-state index contributed by atoms with van der Waals surface area (Å²) in [7, 11) is 1.71. The molecule has 83 heavy (non-hydrogen) atoms. The van der Waals surface area contributed by atoms with Gasteiger partial charge in [0.15, 0.2) is 10.8 Å². The van der Waals surface area contributed by atoms with E-state index in [1.54, 1.807) is 31.4 Å². The van der Waals surface area contributed by atoms with Crippen LogP contribution in [-0.4, -0.2) is 136 Å². The van der Waals surface area contributed by atoms with Crippen molar-refractivity contribution in [3.05, 3.63) is 131 Å². The number of anilines is 2. The fourth-order valence-corrected chi connectivity index (χ4v) is 15.2. The average Bonchev–Trinajstić information content (AvgIpc) is 4.34. The molecule has 2 aliphatic heterocycles. The molecule has 3 aromatic carbocycles. The minimum atomic E-state index is -1.14. The summed E-state index contributed by atoms with van der Waals surface area (Å²) in [5.74, 6) is -1.42. The fourth-order valence-electron chi connectivity index (χ4n) is 14.3. The Hall–Kier alpha value is -8.01. The molecule has 4 fully saturated rings. The second-order valence-corrected chi connectivity index (χ2v) is 24.7. The van der Waals surface area contributed by atoms with Crippen molar-refractivity contribution in [3.8, 4) is 16.9 Å². The zero-order valence-electron chi connectivity index (χ0n) is 47.2. The summed E-state index contributed by atoms with van der Waals surface area (Å²) in [5.41, 5.74) is 5.63. The van der Waals surface area contributed by atoms with Gasteiger partial charge in [-0.15, -0.1) is 0 Å². The smallest absolute Gasteiger partial charge is 0.409 e. The summed E-state index contributed by atoms with van der Waals surface area (Å²) < 4.78 is 26.9. The quantitative estimate of drug-likeness (QED) is 0.0403. The van der Waals surface area contributed by atoms with Gasteiger partial charge in [0, 0.05) is 87.3 Å². The lowest BCUT2D eigenvalue weighted by molar-refractivity contribution is -0.248. The van der Waals surface area contributed by atoms with E-state index in [0.29, 0.717) is 78.2 Å². The van der Waals surface area contributed by atoms with E-state index in [9.17, 15) is 33.9 Å². The normalized spacial score (nSPS) is 22.3. The molecule has 4 aliphatic carbocycles. The second-order valence-electron chi connectivity index (χ2n) is 23.7. The summed E-state index contributed by atoms with van der Waals surface area (Å²) in [6.45, 7) is 10.3. The molecule has 5 heterocycles. The van der Waals surface area contributed by atoms with Crippen LogP contribution < -0.4 is 20.3 Å². The molecule has 6 aromatic rings. The van der Waals surface area contributed by atoms with E-state index in [2.05, 4.69) is 35.5 Å². The van der Waals surface area contributed by atoms with Crippen LogP contribution in [0.4, 0.5) is 15.7 Å². The Labute approximate surface area is 485 Å². The van der Waals surface area contributed by atoms with Gasteiger partial charge in [-0.1, -0.05) is 55.5 Å². The first-order chi connectivity index (χ1) is 39.9. The number of aromatic nitrogens is 4. The van der Waals surface area contributed by atoms with Gasteiger partial charge in [0.25, 0.3) is 17.7 Å². The Morgan fingerprint density at radius 3 is 2.42 bits per heavy atom. The Bertz CT molecular complexity index is 3450. The number of pyridine rings is 1. The molecule has 1 radical (unpaired) electrons.